The zero-order chi connectivity index (χ0) is 22.4. The summed E-state index contributed by atoms with van der Waals surface area (Å²) in [4.78, 5) is 24.6. The molecular formula is C27H32O4. The monoisotopic (exact) mass is 420 g/mol. The van der Waals surface area contributed by atoms with Crippen molar-refractivity contribution in [1.29, 1.82) is 0 Å². The molecule has 1 aliphatic carbocycles. The largest absolute Gasteiger partial charge is 0.463 e. The molecule has 3 rings (SSSR count). The summed E-state index contributed by atoms with van der Waals surface area (Å²) < 4.78 is 10.8. The van der Waals surface area contributed by atoms with Crippen molar-refractivity contribution in [2.45, 2.75) is 47.1 Å². The highest BCUT2D eigenvalue weighted by Gasteiger charge is 2.61. The lowest BCUT2D eigenvalue weighted by atomic mass is 9.97. The molecule has 2 unspecified atom stereocenters. The second-order valence-corrected chi connectivity index (χ2v) is 8.77. The maximum absolute atomic E-state index is 12.8. The number of unbranched alkanes of at least 4 members (excludes halogenated alkanes) is 1. The van der Waals surface area contributed by atoms with Crippen LogP contribution in [0.5, 0.6) is 0 Å². The maximum Gasteiger partial charge on any atom is 0.330 e. The van der Waals surface area contributed by atoms with E-state index in [1.165, 1.54) is 6.08 Å². The summed E-state index contributed by atoms with van der Waals surface area (Å²) in [6.07, 6.45) is 5.08. The standard InChI is InChI=1S/C27H32O4/c1-5-6-17-30-24(28)16-15-23-25(27(23,3)4)26(29)31-18-21-13-10-14-22(19(21)2)20-11-8-7-9-12-20/h7-16,23,25H,5-6,17-18H2,1-4H3. The molecule has 1 aliphatic rings. The van der Waals surface area contributed by atoms with Crippen molar-refractivity contribution in [3.63, 3.8) is 0 Å². The molecule has 0 spiro atoms. The van der Waals surface area contributed by atoms with Crippen molar-refractivity contribution in [3.05, 3.63) is 71.8 Å². The number of carbonyl (C=O) groups is 2. The molecule has 0 bridgehead atoms. The van der Waals surface area contributed by atoms with Crippen LogP contribution in [-0.4, -0.2) is 18.5 Å². The highest BCUT2D eigenvalue weighted by Crippen LogP contribution is 2.59. The van der Waals surface area contributed by atoms with E-state index < -0.39 is 0 Å². The Labute approximate surface area is 185 Å². The molecule has 164 valence electrons. The van der Waals surface area contributed by atoms with E-state index >= 15 is 0 Å². The van der Waals surface area contributed by atoms with Gasteiger partial charge in [-0.3, -0.25) is 4.79 Å². The van der Waals surface area contributed by atoms with Crippen molar-refractivity contribution >= 4 is 11.9 Å². The van der Waals surface area contributed by atoms with Gasteiger partial charge in [0.15, 0.2) is 0 Å². The number of hydrogen-bond acceptors (Lipinski definition) is 4. The Hall–Kier alpha value is -2.88. The molecule has 4 heteroatoms. The van der Waals surface area contributed by atoms with Crippen molar-refractivity contribution in [1.82, 2.24) is 0 Å². The highest BCUT2D eigenvalue weighted by molar-refractivity contribution is 5.83. The minimum absolute atomic E-state index is 0.0181. The first-order valence-electron chi connectivity index (χ1n) is 11.0. The average molecular weight is 421 g/mol. The summed E-state index contributed by atoms with van der Waals surface area (Å²) >= 11 is 0. The molecule has 2 aromatic rings. The normalized spacial score (nSPS) is 19.2. The van der Waals surface area contributed by atoms with Gasteiger partial charge in [-0.05, 0) is 46.9 Å². The van der Waals surface area contributed by atoms with Gasteiger partial charge < -0.3 is 9.47 Å². The van der Waals surface area contributed by atoms with Crippen LogP contribution < -0.4 is 0 Å². The fourth-order valence-electron chi connectivity index (χ4n) is 4.04. The molecule has 0 aromatic heterocycles. The first kappa shape index (κ1) is 22.8. The average Bonchev–Trinajstić information content (AvgIpc) is 3.32. The predicted octanol–water partition coefficient (Wildman–Crippen LogP) is 5.88. The van der Waals surface area contributed by atoms with Crippen LogP contribution in [0.4, 0.5) is 0 Å². The van der Waals surface area contributed by atoms with Crippen LogP contribution in [0.3, 0.4) is 0 Å². The van der Waals surface area contributed by atoms with Crippen molar-refractivity contribution in [2.24, 2.45) is 17.3 Å². The minimum atomic E-state index is -0.350. The van der Waals surface area contributed by atoms with E-state index in [0.29, 0.717) is 6.61 Å². The summed E-state index contributed by atoms with van der Waals surface area (Å²) in [5.74, 6) is -0.833. The zero-order valence-corrected chi connectivity index (χ0v) is 18.9. The smallest absolute Gasteiger partial charge is 0.330 e. The van der Waals surface area contributed by atoms with Crippen molar-refractivity contribution < 1.29 is 19.1 Å². The quantitative estimate of drug-likeness (QED) is 0.289. The highest BCUT2D eigenvalue weighted by atomic mass is 16.5. The molecule has 0 heterocycles. The molecule has 2 atom stereocenters. The van der Waals surface area contributed by atoms with E-state index in [9.17, 15) is 9.59 Å². The number of allylic oxidation sites excluding steroid dienone is 1. The van der Waals surface area contributed by atoms with Gasteiger partial charge >= 0.3 is 11.9 Å². The van der Waals surface area contributed by atoms with Crippen LogP contribution in [0.1, 0.15) is 44.7 Å². The third-order valence-electron chi connectivity index (χ3n) is 6.25. The number of esters is 2. The number of carbonyl (C=O) groups excluding carboxylic acids is 2. The van der Waals surface area contributed by atoms with Crippen LogP contribution in [0, 0.1) is 24.2 Å². The van der Waals surface area contributed by atoms with E-state index in [-0.39, 0.29) is 35.8 Å². The molecule has 31 heavy (non-hydrogen) atoms. The van der Waals surface area contributed by atoms with Crippen LogP contribution >= 0.6 is 0 Å². The Kier molecular flexibility index (Phi) is 7.32. The predicted molar refractivity (Wildman–Crippen MR) is 122 cm³/mol. The van der Waals surface area contributed by atoms with Crippen LogP contribution in [0.15, 0.2) is 60.7 Å². The second-order valence-electron chi connectivity index (χ2n) is 8.77. The molecule has 4 nitrogen and oxygen atoms in total. The van der Waals surface area contributed by atoms with Gasteiger partial charge in [-0.15, -0.1) is 0 Å². The molecule has 0 aliphatic heterocycles. The summed E-state index contributed by atoms with van der Waals surface area (Å²) in [6, 6.07) is 16.3. The van der Waals surface area contributed by atoms with E-state index in [0.717, 1.165) is 35.1 Å². The third kappa shape index (κ3) is 5.43. The summed E-state index contributed by atoms with van der Waals surface area (Å²) in [6.45, 7) is 8.83. The van der Waals surface area contributed by atoms with E-state index in [2.05, 4.69) is 25.1 Å². The fourth-order valence-corrected chi connectivity index (χ4v) is 4.04. The molecular weight excluding hydrogens is 388 g/mol. The first-order chi connectivity index (χ1) is 14.9. The Morgan fingerprint density at radius 2 is 1.77 bits per heavy atom. The number of rotatable bonds is 9. The molecule has 0 saturated heterocycles. The lowest BCUT2D eigenvalue weighted by Crippen LogP contribution is -2.11. The summed E-state index contributed by atoms with van der Waals surface area (Å²) in [5, 5.41) is 0. The van der Waals surface area contributed by atoms with Crippen molar-refractivity contribution in [3.8, 4) is 11.1 Å². The SMILES string of the molecule is CCCCOC(=O)C=CC1C(C(=O)OCc2cccc(-c3ccccc3)c2C)C1(C)C. The second kappa shape index (κ2) is 9.95. The Bertz CT molecular complexity index is 943. The topological polar surface area (TPSA) is 52.6 Å². The van der Waals surface area contributed by atoms with Gasteiger partial charge in [-0.1, -0.05) is 81.8 Å². The van der Waals surface area contributed by atoms with Gasteiger partial charge in [0, 0.05) is 6.08 Å². The van der Waals surface area contributed by atoms with Gasteiger partial charge in [0.2, 0.25) is 0 Å². The van der Waals surface area contributed by atoms with Gasteiger partial charge in [0.05, 0.1) is 12.5 Å². The maximum atomic E-state index is 12.8. The Balaban J connectivity index is 1.59. The van der Waals surface area contributed by atoms with Crippen molar-refractivity contribution in [2.75, 3.05) is 6.61 Å². The molecule has 0 amide bonds. The number of hydrogen-bond donors (Lipinski definition) is 0. The van der Waals surface area contributed by atoms with Crippen LogP contribution in [-0.2, 0) is 25.7 Å². The third-order valence-corrected chi connectivity index (χ3v) is 6.25. The van der Waals surface area contributed by atoms with Gasteiger partial charge in [0.25, 0.3) is 0 Å². The molecule has 2 aromatic carbocycles. The first-order valence-corrected chi connectivity index (χ1v) is 11.0. The van der Waals surface area contributed by atoms with E-state index in [1.54, 1.807) is 6.08 Å². The minimum Gasteiger partial charge on any atom is -0.463 e. The van der Waals surface area contributed by atoms with Crippen LogP contribution in [0.2, 0.25) is 0 Å². The van der Waals surface area contributed by atoms with Crippen LogP contribution in [0.25, 0.3) is 11.1 Å². The fraction of sp³-hybridized carbons (Fsp3) is 0.407. The van der Waals surface area contributed by atoms with Gasteiger partial charge in [-0.25, -0.2) is 4.79 Å². The molecule has 0 N–H and O–H groups in total. The lowest BCUT2D eigenvalue weighted by Gasteiger charge is -2.12. The van der Waals surface area contributed by atoms with E-state index in [1.807, 2.05) is 51.1 Å². The van der Waals surface area contributed by atoms with Gasteiger partial charge in [0.1, 0.15) is 6.61 Å². The molecule has 1 saturated carbocycles. The summed E-state index contributed by atoms with van der Waals surface area (Å²) in [7, 11) is 0. The van der Waals surface area contributed by atoms with E-state index in [4.69, 9.17) is 9.47 Å². The molecule has 1 fully saturated rings. The Morgan fingerprint density at radius 3 is 2.48 bits per heavy atom. The molecule has 0 radical (unpaired) electrons. The lowest BCUT2D eigenvalue weighted by molar-refractivity contribution is -0.147. The summed E-state index contributed by atoms with van der Waals surface area (Å²) in [5.41, 5.74) is 4.18. The van der Waals surface area contributed by atoms with Gasteiger partial charge in [-0.2, -0.15) is 0 Å². The number of benzene rings is 2. The Morgan fingerprint density at radius 1 is 1.03 bits per heavy atom. The number of ether oxygens (including phenoxy) is 2. The zero-order valence-electron chi connectivity index (χ0n) is 18.9.